The van der Waals surface area contributed by atoms with Crippen molar-refractivity contribution in [3.8, 4) is 22.9 Å². The molecule has 1 aliphatic rings. The van der Waals surface area contributed by atoms with Gasteiger partial charge in [0.1, 0.15) is 11.5 Å². The quantitative estimate of drug-likeness (QED) is 0.620. The lowest BCUT2D eigenvalue weighted by atomic mass is 9.97. The zero-order valence-corrected chi connectivity index (χ0v) is 17.2. The van der Waals surface area contributed by atoms with Crippen LogP contribution in [0.5, 0.6) is 11.5 Å². The van der Waals surface area contributed by atoms with Crippen molar-refractivity contribution in [2.45, 2.75) is 25.2 Å². The van der Waals surface area contributed by atoms with Gasteiger partial charge in [0, 0.05) is 18.7 Å². The van der Waals surface area contributed by atoms with Crippen molar-refractivity contribution < 1.29 is 18.8 Å². The highest BCUT2D eigenvalue weighted by molar-refractivity contribution is 5.79. The molecule has 1 atom stereocenters. The molecular weight excluding hydrogens is 382 g/mol. The van der Waals surface area contributed by atoms with E-state index in [4.69, 9.17) is 14.0 Å². The largest absolute Gasteiger partial charge is 0.497 e. The predicted octanol–water partition coefficient (Wildman–Crippen LogP) is 3.70. The van der Waals surface area contributed by atoms with Gasteiger partial charge in [0.2, 0.25) is 17.6 Å². The van der Waals surface area contributed by atoms with E-state index in [9.17, 15) is 4.79 Å². The second-order valence-corrected chi connectivity index (χ2v) is 7.40. The zero-order valence-electron chi connectivity index (χ0n) is 17.2. The first-order valence-electron chi connectivity index (χ1n) is 10.0. The maximum absolute atomic E-state index is 12.8. The van der Waals surface area contributed by atoms with Crippen LogP contribution in [0.25, 0.3) is 11.4 Å². The fraction of sp³-hybridized carbons (Fsp3) is 0.348. The maximum atomic E-state index is 12.8. The molecule has 1 fully saturated rings. The molecule has 2 heterocycles. The second-order valence-electron chi connectivity index (χ2n) is 7.40. The molecule has 30 heavy (non-hydrogen) atoms. The van der Waals surface area contributed by atoms with Crippen molar-refractivity contribution in [3.63, 3.8) is 0 Å². The molecule has 0 saturated carbocycles. The van der Waals surface area contributed by atoms with Gasteiger partial charge in [0.15, 0.2) is 0 Å². The van der Waals surface area contributed by atoms with E-state index >= 15 is 0 Å². The van der Waals surface area contributed by atoms with Crippen LogP contribution in [0.2, 0.25) is 0 Å². The number of ether oxygens (including phenoxy) is 2. The first-order chi connectivity index (χ1) is 14.7. The molecule has 0 bridgehead atoms. The minimum Gasteiger partial charge on any atom is -0.497 e. The van der Waals surface area contributed by atoms with E-state index in [1.165, 1.54) is 0 Å². The van der Waals surface area contributed by atoms with Crippen molar-refractivity contribution in [1.82, 2.24) is 15.0 Å². The third-order valence-corrected chi connectivity index (χ3v) is 5.38. The van der Waals surface area contributed by atoms with Gasteiger partial charge in [-0.1, -0.05) is 29.4 Å². The monoisotopic (exact) mass is 407 g/mol. The summed E-state index contributed by atoms with van der Waals surface area (Å²) in [4.78, 5) is 19.3. The minimum atomic E-state index is 0.0415. The topological polar surface area (TPSA) is 77.7 Å². The van der Waals surface area contributed by atoms with Gasteiger partial charge in [-0.25, -0.2) is 0 Å². The summed E-state index contributed by atoms with van der Waals surface area (Å²) in [6.45, 7) is 1.33. The van der Waals surface area contributed by atoms with Gasteiger partial charge in [0.05, 0.1) is 26.6 Å². The zero-order chi connectivity index (χ0) is 20.9. The fourth-order valence-electron chi connectivity index (χ4n) is 3.75. The van der Waals surface area contributed by atoms with Crippen LogP contribution >= 0.6 is 0 Å². The van der Waals surface area contributed by atoms with Crippen LogP contribution in [0.4, 0.5) is 0 Å². The molecule has 2 aromatic carbocycles. The van der Waals surface area contributed by atoms with Gasteiger partial charge < -0.3 is 18.9 Å². The SMILES string of the molecule is COc1cccc(CC(=O)N2CCC[C@H](c3nc(-c4cccc(OC)c4)no3)C2)c1. The molecule has 1 saturated heterocycles. The van der Waals surface area contributed by atoms with E-state index < -0.39 is 0 Å². The third kappa shape index (κ3) is 4.45. The molecule has 0 N–H and O–H groups in total. The van der Waals surface area contributed by atoms with E-state index in [-0.39, 0.29) is 11.8 Å². The molecule has 0 unspecified atom stereocenters. The summed E-state index contributed by atoms with van der Waals surface area (Å²) in [6.07, 6.45) is 2.18. The molecule has 3 aromatic rings. The summed E-state index contributed by atoms with van der Waals surface area (Å²) in [5, 5.41) is 4.13. The number of piperidine rings is 1. The maximum Gasteiger partial charge on any atom is 0.231 e. The molecule has 0 aliphatic carbocycles. The average molecular weight is 407 g/mol. The van der Waals surface area contributed by atoms with Gasteiger partial charge in [-0.3, -0.25) is 4.79 Å². The van der Waals surface area contributed by atoms with Crippen molar-refractivity contribution in [3.05, 3.63) is 60.0 Å². The molecule has 4 rings (SSSR count). The number of carbonyl (C=O) groups excluding carboxylic acids is 1. The molecule has 0 spiro atoms. The van der Waals surface area contributed by atoms with Gasteiger partial charge in [-0.15, -0.1) is 0 Å². The number of benzene rings is 2. The summed E-state index contributed by atoms with van der Waals surface area (Å²) >= 11 is 0. The Hall–Kier alpha value is -3.35. The summed E-state index contributed by atoms with van der Waals surface area (Å²) in [7, 11) is 3.25. The van der Waals surface area contributed by atoms with Crippen LogP contribution in [0.3, 0.4) is 0 Å². The third-order valence-electron chi connectivity index (χ3n) is 5.38. The summed E-state index contributed by atoms with van der Waals surface area (Å²) in [6, 6.07) is 15.2. The highest BCUT2D eigenvalue weighted by atomic mass is 16.5. The molecule has 7 nitrogen and oxygen atoms in total. The molecule has 1 amide bonds. The Morgan fingerprint density at radius 2 is 1.90 bits per heavy atom. The smallest absolute Gasteiger partial charge is 0.231 e. The summed E-state index contributed by atoms with van der Waals surface area (Å²) < 4.78 is 16.1. The molecule has 156 valence electrons. The van der Waals surface area contributed by atoms with Crippen molar-refractivity contribution in [2.75, 3.05) is 27.3 Å². The molecule has 1 aliphatic heterocycles. The van der Waals surface area contributed by atoms with E-state index in [2.05, 4.69) is 10.1 Å². The van der Waals surface area contributed by atoms with Crippen molar-refractivity contribution in [2.24, 2.45) is 0 Å². The number of hydrogen-bond acceptors (Lipinski definition) is 6. The standard InChI is InChI=1S/C23H25N3O4/c1-28-19-9-3-6-16(12-19)13-21(27)26-11-5-8-18(15-26)23-24-22(25-30-23)17-7-4-10-20(14-17)29-2/h3-4,6-7,9-10,12,14,18H,5,8,11,13,15H2,1-2H3/t18-/m0/s1. The fourth-order valence-corrected chi connectivity index (χ4v) is 3.75. The number of rotatable bonds is 6. The van der Waals surface area contributed by atoms with Crippen LogP contribution in [-0.4, -0.2) is 48.3 Å². The van der Waals surface area contributed by atoms with E-state index in [1.54, 1.807) is 14.2 Å². The Bertz CT molecular complexity index is 1020. The Labute approximate surface area is 175 Å². The van der Waals surface area contributed by atoms with Gasteiger partial charge in [0.25, 0.3) is 0 Å². The van der Waals surface area contributed by atoms with Gasteiger partial charge >= 0.3 is 0 Å². The number of nitrogens with zero attached hydrogens (tertiary/aromatic N) is 3. The first-order valence-corrected chi connectivity index (χ1v) is 10.0. The van der Waals surface area contributed by atoms with Crippen molar-refractivity contribution in [1.29, 1.82) is 0 Å². The van der Waals surface area contributed by atoms with E-state index in [1.807, 2.05) is 53.4 Å². The average Bonchev–Trinajstić information content (AvgIpc) is 3.30. The molecule has 0 radical (unpaired) electrons. The molecule has 1 aromatic heterocycles. The lowest BCUT2D eigenvalue weighted by molar-refractivity contribution is -0.131. The summed E-state index contributed by atoms with van der Waals surface area (Å²) in [5.74, 6) is 2.74. The predicted molar refractivity (Wildman–Crippen MR) is 112 cm³/mol. The second kappa shape index (κ2) is 8.98. The molecular formula is C23H25N3O4. The van der Waals surface area contributed by atoms with Crippen LogP contribution in [-0.2, 0) is 11.2 Å². The number of likely N-dealkylation sites (tertiary alicyclic amines) is 1. The highest BCUT2D eigenvalue weighted by Crippen LogP contribution is 2.29. The van der Waals surface area contributed by atoms with E-state index in [0.29, 0.717) is 24.7 Å². The Kier molecular flexibility index (Phi) is 5.97. The number of carbonyl (C=O) groups is 1. The number of aromatic nitrogens is 2. The number of amides is 1. The normalized spacial score (nSPS) is 16.3. The van der Waals surface area contributed by atoms with Crippen LogP contribution < -0.4 is 9.47 Å². The van der Waals surface area contributed by atoms with Crippen LogP contribution in [0, 0.1) is 0 Å². The minimum absolute atomic E-state index is 0.0415. The Morgan fingerprint density at radius 3 is 2.70 bits per heavy atom. The number of methoxy groups -OCH3 is 2. The lowest BCUT2D eigenvalue weighted by Crippen LogP contribution is -2.40. The van der Waals surface area contributed by atoms with Gasteiger partial charge in [-0.2, -0.15) is 4.98 Å². The van der Waals surface area contributed by atoms with Crippen molar-refractivity contribution >= 4 is 5.91 Å². The van der Waals surface area contributed by atoms with Crippen LogP contribution in [0.15, 0.2) is 53.1 Å². The lowest BCUT2D eigenvalue weighted by Gasteiger charge is -2.31. The van der Waals surface area contributed by atoms with Gasteiger partial charge in [-0.05, 0) is 42.7 Å². The Morgan fingerprint density at radius 1 is 1.13 bits per heavy atom. The summed E-state index contributed by atoms with van der Waals surface area (Å²) in [5.41, 5.74) is 1.78. The van der Waals surface area contributed by atoms with E-state index in [0.717, 1.165) is 42.0 Å². The Balaban J connectivity index is 1.43. The first kappa shape index (κ1) is 19.9. The van der Waals surface area contributed by atoms with Crippen LogP contribution in [0.1, 0.15) is 30.2 Å². The molecule has 7 heteroatoms. The number of hydrogen-bond donors (Lipinski definition) is 0. The highest BCUT2D eigenvalue weighted by Gasteiger charge is 2.28.